The molecule has 0 saturated heterocycles. The minimum absolute atomic E-state index is 0.00177. The Bertz CT molecular complexity index is 443. The van der Waals surface area contributed by atoms with Gasteiger partial charge in [0, 0.05) is 6.54 Å². The zero-order valence-electron chi connectivity index (χ0n) is 8.92. The molecular weight excluding hydrogens is 244 g/mol. The van der Waals surface area contributed by atoms with Crippen molar-refractivity contribution in [1.82, 2.24) is 20.1 Å². The number of carbonyl (C=O) groups is 2. The second kappa shape index (κ2) is 5.89. The van der Waals surface area contributed by atoms with Crippen molar-refractivity contribution in [2.75, 3.05) is 11.5 Å². The van der Waals surface area contributed by atoms with E-state index in [0.29, 0.717) is 11.7 Å². The number of imide groups is 1. The quantitative estimate of drug-likeness (QED) is 0.473. The van der Waals surface area contributed by atoms with E-state index in [-0.39, 0.29) is 11.7 Å². The number of hydrogen-bond donors (Lipinski definition) is 3. The van der Waals surface area contributed by atoms with Crippen LogP contribution in [0.15, 0.2) is 17.8 Å². The maximum atomic E-state index is 11.2. The van der Waals surface area contributed by atoms with Crippen LogP contribution in [0.5, 0.6) is 0 Å². The molecule has 1 aromatic heterocycles. The number of aromatic nitrogens is 3. The average molecular weight is 256 g/mol. The molecule has 8 nitrogen and oxygen atoms in total. The van der Waals surface area contributed by atoms with Crippen LogP contribution in [-0.2, 0) is 11.3 Å². The molecule has 5 N–H and O–H groups in total. The number of allylic oxidation sites excluding steroid dienone is 1. The summed E-state index contributed by atoms with van der Waals surface area (Å²) in [5, 5.41) is 9.88. The van der Waals surface area contributed by atoms with Crippen molar-refractivity contribution in [2.24, 2.45) is 5.73 Å². The highest BCUT2D eigenvalue weighted by Crippen LogP contribution is 2.17. The number of nitrogens with one attached hydrogen (secondary N) is 1. The minimum atomic E-state index is -0.886. The molecule has 0 aromatic carbocycles. The van der Waals surface area contributed by atoms with Gasteiger partial charge in [-0.25, -0.2) is 4.79 Å². The van der Waals surface area contributed by atoms with Crippen LogP contribution in [0.4, 0.5) is 10.7 Å². The first-order chi connectivity index (χ1) is 8.04. The van der Waals surface area contributed by atoms with E-state index >= 15 is 0 Å². The fourth-order valence-electron chi connectivity index (χ4n) is 1.01. The number of anilines is 1. The van der Waals surface area contributed by atoms with Gasteiger partial charge in [0.1, 0.15) is 0 Å². The first-order valence-corrected chi connectivity index (χ1v) is 5.54. The monoisotopic (exact) mass is 256 g/mol. The van der Waals surface area contributed by atoms with Gasteiger partial charge in [-0.2, -0.15) is 0 Å². The number of amides is 3. The molecule has 1 heterocycles. The Hall–Kier alpha value is -2.03. The van der Waals surface area contributed by atoms with E-state index in [2.05, 4.69) is 16.8 Å². The second-order valence-electron chi connectivity index (χ2n) is 2.94. The van der Waals surface area contributed by atoms with Gasteiger partial charge in [-0.3, -0.25) is 14.7 Å². The number of nitrogens with zero attached hydrogens (tertiary/aromatic N) is 3. The normalized spacial score (nSPS) is 9.88. The molecule has 1 aromatic rings. The summed E-state index contributed by atoms with van der Waals surface area (Å²) < 4.78 is 1.59. The highest BCUT2D eigenvalue weighted by molar-refractivity contribution is 7.99. The van der Waals surface area contributed by atoms with Gasteiger partial charge in [0.2, 0.25) is 11.9 Å². The van der Waals surface area contributed by atoms with Crippen molar-refractivity contribution in [3.63, 3.8) is 0 Å². The van der Waals surface area contributed by atoms with E-state index in [0.717, 1.165) is 11.8 Å². The number of rotatable bonds is 5. The summed E-state index contributed by atoms with van der Waals surface area (Å²) in [7, 11) is 0. The lowest BCUT2D eigenvalue weighted by Gasteiger charge is -2.04. The molecule has 0 fully saturated rings. The van der Waals surface area contributed by atoms with Gasteiger partial charge in [-0.05, 0) is 0 Å². The number of nitrogen functional groups attached to an aromatic ring is 1. The van der Waals surface area contributed by atoms with Crippen LogP contribution >= 0.6 is 11.8 Å². The van der Waals surface area contributed by atoms with Gasteiger partial charge >= 0.3 is 6.03 Å². The maximum Gasteiger partial charge on any atom is 0.318 e. The molecule has 0 aliphatic heterocycles. The lowest BCUT2D eigenvalue weighted by Crippen LogP contribution is -2.36. The van der Waals surface area contributed by atoms with Crippen LogP contribution in [-0.4, -0.2) is 32.5 Å². The number of thioether (sulfide) groups is 1. The summed E-state index contributed by atoms with van der Waals surface area (Å²) in [6, 6.07) is -0.886. The van der Waals surface area contributed by atoms with Crippen molar-refractivity contribution in [2.45, 2.75) is 11.7 Å². The topological polar surface area (TPSA) is 129 Å². The fraction of sp³-hybridized carbons (Fsp3) is 0.250. The Morgan fingerprint density at radius 3 is 2.82 bits per heavy atom. The van der Waals surface area contributed by atoms with Gasteiger partial charge in [0.25, 0.3) is 0 Å². The summed E-state index contributed by atoms with van der Waals surface area (Å²) in [6.07, 6.45) is 1.63. The largest absolute Gasteiger partial charge is 0.368 e. The number of carbonyl (C=O) groups excluding carboxylic acids is 2. The Kier molecular flexibility index (Phi) is 4.52. The van der Waals surface area contributed by atoms with Crippen molar-refractivity contribution in [1.29, 1.82) is 0 Å². The number of nitrogens with two attached hydrogens (primary N) is 2. The van der Waals surface area contributed by atoms with Crippen LogP contribution in [0.1, 0.15) is 0 Å². The standard InChI is InChI=1S/C8H12N6O2S/c1-2-3-14-6(9)12-13-8(14)17-4-5(15)11-7(10)16/h2H,1,3-4H2,(H2,9,12)(H3,10,11,15,16). The molecule has 3 amide bonds. The first-order valence-electron chi connectivity index (χ1n) is 4.56. The van der Waals surface area contributed by atoms with E-state index in [9.17, 15) is 9.59 Å². The SMILES string of the molecule is C=CCn1c(N)nnc1SCC(=O)NC(N)=O. The van der Waals surface area contributed by atoms with E-state index in [4.69, 9.17) is 11.5 Å². The van der Waals surface area contributed by atoms with Gasteiger partial charge in [-0.15, -0.1) is 16.8 Å². The van der Waals surface area contributed by atoms with Crippen LogP contribution in [0.3, 0.4) is 0 Å². The van der Waals surface area contributed by atoms with Gasteiger partial charge in [-0.1, -0.05) is 17.8 Å². The molecule has 0 radical (unpaired) electrons. The summed E-state index contributed by atoms with van der Waals surface area (Å²) >= 11 is 1.10. The molecule has 0 spiro atoms. The number of hydrogen-bond acceptors (Lipinski definition) is 6. The third-order valence-electron chi connectivity index (χ3n) is 1.65. The van der Waals surface area contributed by atoms with Gasteiger partial charge < -0.3 is 11.5 Å². The molecule has 17 heavy (non-hydrogen) atoms. The third-order valence-corrected chi connectivity index (χ3v) is 2.62. The molecule has 0 unspecified atom stereocenters. The number of primary amides is 1. The summed E-state index contributed by atoms with van der Waals surface area (Å²) in [4.78, 5) is 21.6. The number of urea groups is 1. The minimum Gasteiger partial charge on any atom is -0.368 e. The predicted octanol–water partition coefficient (Wildman–Crippen LogP) is -0.667. The van der Waals surface area contributed by atoms with Gasteiger partial charge in [0.15, 0.2) is 5.16 Å². The lowest BCUT2D eigenvalue weighted by atomic mass is 10.6. The first kappa shape index (κ1) is 13.0. The zero-order chi connectivity index (χ0) is 12.8. The molecule has 0 bridgehead atoms. The van der Waals surface area contributed by atoms with Crippen LogP contribution in [0.25, 0.3) is 0 Å². The van der Waals surface area contributed by atoms with Crippen LogP contribution in [0.2, 0.25) is 0 Å². The van der Waals surface area contributed by atoms with Crippen LogP contribution in [0, 0.1) is 0 Å². The fourth-order valence-corrected chi connectivity index (χ4v) is 1.77. The Morgan fingerprint density at radius 2 is 2.24 bits per heavy atom. The lowest BCUT2D eigenvalue weighted by molar-refractivity contribution is -0.117. The predicted molar refractivity (Wildman–Crippen MR) is 63.1 cm³/mol. The van der Waals surface area contributed by atoms with Crippen molar-refractivity contribution < 1.29 is 9.59 Å². The molecule has 0 aliphatic rings. The van der Waals surface area contributed by atoms with Crippen molar-refractivity contribution in [3.05, 3.63) is 12.7 Å². The van der Waals surface area contributed by atoms with E-state index < -0.39 is 11.9 Å². The molecule has 9 heteroatoms. The summed E-state index contributed by atoms with van der Waals surface area (Å²) in [6.45, 7) is 4.01. The Morgan fingerprint density at radius 1 is 1.53 bits per heavy atom. The van der Waals surface area contributed by atoms with Crippen molar-refractivity contribution >= 4 is 29.6 Å². The smallest absolute Gasteiger partial charge is 0.318 e. The second-order valence-corrected chi connectivity index (χ2v) is 3.88. The maximum absolute atomic E-state index is 11.2. The Labute approximate surface area is 101 Å². The van der Waals surface area contributed by atoms with Gasteiger partial charge in [0.05, 0.1) is 5.75 Å². The molecule has 1 rings (SSSR count). The molecule has 0 saturated carbocycles. The molecular formula is C8H12N6O2S. The zero-order valence-corrected chi connectivity index (χ0v) is 9.74. The van der Waals surface area contributed by atoms with E-state index in [1.165, 1.54) is 0 Å². The van der Waals surface area contributed by atoms with E-state index in [1.807, 2.05) is 5.32 Å². The Balaban J connectivity index is 2.60. The van der Waals surface area contributed by atoms with Crippen molar-refractivity contribution in [3.8, 4) is 0 Å². The average Bonchev–Trinajstić information content (AvgIpc) is 2.57. The highest BCUT2D eigenvalue weighted by Gasteiger charge is 2.11. The summed E-state index contributed by atoms with van der Waals surface area (Å²) in [5.74, 6) is -0.268. The molecule has 0 atom stereocenters. The summed E-state index contributed by atoms with van der Waals surface area (Å²) in [5.41, 5.74) is 10.4. The van der Waals surface area contributed by atoms with E-state index in [1.54, 1.807) is 10.6 Å². The molecule has 92 valence electrons. The van der Waals surface area contributed by atoms with Crippen LogP contribution < -0.4 is 16.8 Å². The third kappa shape index (κ3) is 3.79. The molecule has 0 aliphatic carbocycles. The highest BCUT2D eigenvalue weighted by atomic mass is 32.2.